The molecular weight excluding hydrogens is 222 g/mol. The van der Waals surface area contributed by atoms with E-state index in [0.29, 0.717) is 18.8 Å². The number of nitrogens with zero attached hydrogens (tertiary/aromatic N) is 5. The Kier molecular flexibility index (Phi) is 2.04. The number of pyridine rings is 1. The third-order valence-electron chi connectivity index (χ3n) is 2.67. The summed E-state index contributed by atoms with van der Waals surface area (Å²) in [7, 11) is 0. The Bertz CT molecular complexity index is 616. The fourth-order valence-electron chi connectivity index (χ4n) is 1.85. The highest BCUT2D eigenvalue weighted by atomic mass is 16.2. The molecule has 2 aromatic heterocycles. The van der Waals surface area contributed by atoms with E-state index in [4.69, 9.17) is 0 Å². The number of fused-ring (bicyclic) bond motifs is 1. The molecule has 0 spiro atoms. The molecular formula is C10H9N5O2. The van der Waals surface area contributed by atoms with Gasteiger partial charge in [0.05, 0.1) is 18.9 Å². The Morgan fingerprint density at radius 1 is 1.18 bits per heavy atom. The summed E-state index contributed by atoms with van der Waals surface area (Å²) in [6.07, 6.45) is 4.73. The van der Waals surface area contributed by atoms with Crippen molar-refractivity contribution in [1.82, 2.24) is 19.7 Å². The van der Waals surface area contributed by atoms with Crippen LogP contribution >= 0.6 is 0 Å². The number of rotatable bonds is 1. The zero-order chi connectivity index (χ0) is 11.8. The molecule has 2 aromatic rings. The summed E-state index contributed by atoms with van der Waals surface area (Å²) in [5.41, 5.74) is 0.198. The fraction of sp³-hybridized carbons (Fsp3) is 0.200. The Labute approximate surface area is 95.9 Å². The van der Waals surface area contributed by atoms with E-state index in [1.807, 2.05) is 0 Å². The third kappa shape index (κ3) is 1.52. The van der Waals surface area contributed by atoms with Crippen molar-refractivity contribution in [2.45, 2.75) is 6.54 Å². The summed E-state index contributed by atoms with van der Waals surface area (Å²) < 4.78 is 1.76. The molecule has 0 radical (unpaired) electrons. The average molecular weight is 231 g/mol. The average Bonchev–Trinajstić information content (AvgIpc) is 2.84. The van der Waals surface area contributed by atoms with Gasteiger partial charge >= 0.3 is 0 Å². The lowest BCUT2D eigenvalue weighted by Crippen LogP contribution is -2.48. The lowest BCUT2D eigenvalue weighted by Gasteiger charge is -2.28. The molecule has 0 atom stereocenters. The van der Waals surface area contributed by atoms with Crippen molar-refractivity contribution in [3.63, 3.8) is 0 Å². The SMILES string of the molecule is O=C1c2cc(=O)ccn2CCN1n1ccnn1. The van der Waals surface area contributed by atoms with Crippen LogP contribution < -0.4 is 10.4 Å². The number of carbonyl (C=O) groups excluding carboxylic acids is 1. The highest BCUT2D eigenvalue weighted by molar-refractivity contribution is 6.00. The van der Waals surface area contributed by atoms with Crippen molar-refractivity contribution in [3.05, 3.63) is 46.6 Å². The lowest BCUT2D eigenvalue weighted by atomic mass is 10.2. The van der Waals surface area contributed by atoms with Crippen molar-refractivity contribution >= 4 is 5.91 Å². The van der Waals surface area contributed by atoms with E-state index in [9.17, 15) is 9.59 Å². The molecule has 0 aliphatic carbocycles. The molecule has 0 unspecified atom stereocenters. The largest absolute Gasteiger partial charge is 0.341 e. The topological polar surface area (TPSA) is 73.0 Å². The van der Waals surface area contributed by atoms with E-state index in [1.54, 1.807) is 17.0 Å². The van der Waals surface area contributed by atoms with Gasteiger partial charge in [0, 0.05) is 24.9 Å². The second kappa shape index (κ2) is 3.55. The van der Waals surface area contributed by atoms with Gasteiger partial charge in [-0.15, -0.1) is 5.10 Å². The molecule has 1 aliphatic heterocycles. The van der Waals surface area contributed by atoms with E-state index in [1.165, 1.54) is 28.1 Å². The van der Waals surface area contributed by atoms with Crippen LogP contribution in [-0.4, -0.2) is 32.1 Å². The van der Waals surface area contributed by atoms with E-state index < -0.39 is 0 Å². The van der Waals surface area contributed by atoms with E-state index >= 15 is 0 Å². The van der Waals surface area contributed by atoms with Crippen LogP contribution in [0, 0.1) is 0 Å². The van der Waals surface area contributed by atoms with Gasteiger partial charge in [-0.3, -0.25) is 9.59 Å². The molecule has 1 amide bonds. The van der Waals surface area contributed by atoms with Crippen LogP contribution in [0.15, 0.2) is 35.5 Å². The quantitative estimate of drug-likeness (QED) is 0.646. The number of amides is 1. The fourth-order valence-corrected chi connectivity index (χ4v) is 1.85. The molecule has 86 valence electrons. The Balaban J connectivity index is 2.06. The van der Waals surface area contributed by atoms with Crippen LogP contribution in [-0.2, 0) is 6.54 Å². The zero-order valence-electron chi connectivity index (χ0n) is 8.85. The minimum Gasteiger partial charge on any atom is -0.341 e. The molecule has 7 heteroatoms. The molecule has 3 heterocycles. The smallest absolute Gasteiger partial charge is 0.290 e. The van der Waals surface area contributed by atoms with Gasteiger partial charge in [0.2, 0.25) is 0 Å². The summed E-state index contributed by atoms with van der Waals surface area (Å²) in [5.74, 6) is -0.251. The number of carbonyl (C=O) groups is 1. The molecule has 1 aliphatic rings. The predicted octanol–water partition coefficient (Wildman–Crippen LogP) is -0.768. The maximum Gasteiger partial charge on any atom is 0.290 e. The van der Waals surface area contributed by atoms with Gasteiger partial charge in [-0.25, -0.2) is 5.01 Å². The van der Waals surface area contributed by atoms with Gasteiger partial charge in [0.25, 0.3) is 5.91 Å². The van der Waals surface area contributed by atoms with Crippen LogP contribution in [0.25, 0.3) is 0 Å². The van der Waals surface area contributed by atoms with Gasteiger partial charge in [-0.05, 0) is 5.21 Å². The van der Waals surface area contributed by atoms with Crippen LogP contribution in [0.3, 0.4) is 0 Å². The zero-order valence-corrected chi connectivity index (χ0v) is 8.85. The molecule has 0 saturated heterocycles. The summed E-state index contributed by atoms with van der Waals surface area (Å²) >= 11 is 0. The molecule has 0 aromatic carbocycles. The van der Waals surface area contributed by atoms with Crippen LogP contribution in [0.1, 0.15) is 10.5 Å². The van der Waals surface area contributed by atoms with Crippen molar-refractivity contribution in [1.29, 1.82) is 0 Å². The summed E-state index contributed by atoms with van der Waals surface area (Å²) in [4.78, 5) is 24.8. The van der Waals surface area contributed by atoms with Crippen LogP contribution in [0.2, 0.25) is 0 Å². The summed E-state index contributed by atoms with van der Waals surface area (Å²) in [6, 6.07) is 2.79. The Morgan fingerprint density at radius 2 is 2.06 bits per heavy atom. The molecule has 17 heavy (non-hydrogen) atoms. The van der Waals surface area contributed by atoms with E-state index in [0.717, 1.165) is 0 Å². The minimum atomic E-state index is -0.251. The van der Waals surface area contributed by atoms with E-state index in [-0.39, 0.29) is 11.3 Å². The highest BCUT2D eigenvalue weighted by Crippen LogP contribution is 2.08. The predicted molar refractivity (Wildman–Crippen MR) is 58.1 cm³/mol. The third-order valence-corrected chi connectivity index (χ3v) is 2.67. The molecule has 7 nitrogen and oxygen atoms in total. The standard InChI is InChI=1S/C10H9N5O2/c16-8-1-3-13-5-6-14(10(17)9(13)7-8)15-4-2-11-12-15/h1-4,7H,5-6H2. The first-order chi connectivity index (χ1) is 8.25. The highest BCUT2D eigenvalue weighted by Gasteiger charge is 2.25. The normalized spacial score (nSPS) is 14.8. The lowest BCUT2D eigenvalue weighted by molar-refractivity contribution is 0.0925. The van der Waals surface area contributed by atoms with Crippen LogP contribution in [0.4, 0.5) is 0 Å². The van der Waals surface area contributed by atoms with Gasteiger partial charge in [0.1, 0.15) is 5.69 Å². The second-order valence-corrected chi connectivity index (χ2v) is 3.69. The van der Waals surface area contributed by atoms with Crippen molar-refractivity contribution < 1.29 is 4.79 Å². The van der Waals surface area contributed by atoms with Crippen molar-refractivity contribution in [3.8, 4) is 0 Å². The number of hydrogen-bond donors (Lipinski definition) is 0. The van der Waals surface area contributed by atoms with Gasteiger partial charge < -0.3 is 4.57 Å². The number of hydrogen-bond acceptors (Lipinski definition) is 4. The second-order valence-electron chi connectivity index (χ2n) is 3.69. The first kappa shape index (κ1) is 9.76. The van der Waals surface area contributed by atoms with E-state index in [2.05, 4.69) is 10.3 Å². The van der Waals surface area contributed by atoms with Gasteiger partial charge in [-0.1, -0.05) is 0 Å². The molecule has 0 N–H and O–H groups in total. The number of aromatic nitrogens is 4. The molecule has 3 rings (SSSR count). The van der Waals surface area contributed by atoms with Crippen LogP contribution in [0.5, 0.6) is 0 Å². The Hall–Kier alpha value is -2.44. The minimum absolute atomic E-state index is 0.176. The van der Waals surface area contributed by atoms with Crippen molar-refractivity contribution in [2.24, 2.45) is 0 Å². The summed E-state index contributed by atoms with van der Waals surface area (Å²) in [6.45, 7) is 1.12. The maximum absolute atomic E-state index is 12.1. The molecule has 0 saturated carbocycles. The van der Waals surface area contributed by atoms with Gasteiger partial charge in [-0.2, -0.15) is 4.79 Å². The van der Waals surface area contributed by atoms with Gasteiger partial charge in [0.15, 0.2) is 5.43 Å². The van der Waals surface area contributed by atoms with Crippen molar-refractivity contribution in [2.75, 3.05) is 11.6 Å². The molecule has 0 bridgehead atoms. The molecule has 0 fully saturated rings. The Morgan fingerprint density at radius 3 is 2.82 bits per heavy atom. The maximum atomic E-state index is 12.1. The monoisotopic (exact) mass is 231 g/mol. The first-order valence-corrected chi connectivity index (χ1v) is 5.15. The first-order valence-electron chi connectivity index (χ1n) is 5.15. The summed E-state index contributed by atoms with van der Waals surface area (Å²) in [5, 5.41) is 8.87.